The number of likely N-dealkylation sites (tertiary alicyclic amines) is 2. The number of piperidine rings is 1. The maximum Gasteiger partial charge on any atom is 0.320 e. The molecule has 0 aromatic carbocycles. The summed E-state index contributed by atoms with van der Waals surface area (Å²) in [5.74, 6) is 0.583. The molecule has 0 aromatic rings. The van der Waals surface area contributed by atoms with Gasteiger partial charge in [-0.2, -0.15) is 0 Å². The average Bonchev–Trinajstić information content (AvgIpc) is 3.15. The first-order chi connectivity index (χ1) is 13.1. The number of carbonyl (C=O) groups excluding carboxylic acids is 2. The summed E-state index contributed by atoms with van der Waals surface area (Å²) < 4.78 is 0. The number of nitrogens with zero attached hydrogens (tertiary/aromatic N) is 4. The van der Waals surface area contributed by atoms with Crippen LogP contribution in [0.3, 0.4) is 0 Å². The van der Waals surface area contributed by atoms with Crippen LogP contribution in [0, 0.1) is 5.92 Å². The Labute approximate surface area is 164 Å². The van der Waals surface area contributed by atoms with Crippen LogP contribution in [0.25, 0.3) is 0 Å². The molecule has 0 N–H and O–H groups in total. The van der Waals surface area contributed by atoms with Gasteiger partial charge in [0.1, 0.15) is 0 Å². The van der Waals surface area contributed by atoms with E-state index >= 15 is 0 Å². The van der Waals surface area contributed by atoms with Crippen LogP contribution < -0.4 is 0 Å². The van der Waals surface area contributed by atoms with Gasteiger partial charge in [-0.25, -0.2) is 4.79 Å². The number of hydrogen-bond donors (Lipinski definition) is 0. The number of amides is 3. The van der Waals surface area contributed by atoms with E-state index in [0.717, 1.165) is 58.4 Å². The summed E-state index contributed by atoms with van der Waals surface area (Å²) in [6, 6.07) is 0.328. The van der Waals surface area contributed by atoms with Gasteiger partial charge in [0.05, 0.1) is 0 Å². The lowest BCUT2D eigenvalue weighted by Crippen LogP contribution is -2.56. The first kappa shape index (κ1) is 20.4. The first-order valence-electron chi connectivity index (χ1n) is 11.2. The lowest BCUT2D eigenvalue weighted by Gasteiger charge is -2.43. The maximum atomic E-state index is 13.1. The summed E-state index contributed by atoms with van der Waals surface area (Å²) in [5.41, 5.74) is 0. The molecule has 0 bridgehead atoms. The molecule has 27 heavy (non-hydrogen) atoms. The SMILES string of the molecule is CCN(CC)C(=O)N1CCCC(N(CCN2CCCC2)C(=O)C2CCC2)C1. The monoisotopic (exact) mass is 378 g/mol. The Bertz CT molecular complexity index is 498. The van der Waals surface area contributed by atoms with Gasteiger partial charge in [0.25, 0.3) is 0 Å². The fourth-order valence-electron chi connectivity index (χ4n) is 4.69. The number of carbonyl (C=O) groups is 2. The highest BCUT2D eigenvalue weighted by molar-refractivity contribution is 5.80. The molecular weight excluding hydrogens is 340 g/mol. The largest absolute Gasteiger partial charge is 0.336 e. The van der Waals surface area contributed by atoms with Gasteiger partial charge in [-0.3, -0.25) is 4.79 Å². The van der Waals surface area contributed by atoms with Crippen LogP contribution in [0.5, 0.6) is 0 Å². The van der Waals surface area contributed by atoms with E-state index in [4.69, 9.17) is 0 Å². The second-order valence-corrected chi connectivity index (χ2v) is 8.41. The molecule has 3 rings (SSSR count). The second-order valence-electron chi connectivity index (χ2n) is 8.41. The highest BCUT2D eigenvalue weighted by Gasteiger charge is 2.36. The molecule has 1 aliphatic carbocycles. The van der Waals surface area contributed by atoms with Crippen LogP contribution in [0.1, 0.15) is 58.8 Å². The molecule has 1 saturated carbocycles. The van der Waals surface area contributed by atoms with Gasteiger partial charge in [0, 0.05) is 51.2 Å². The summed E-state index contributed by atoms with van der Waals surface area (Å²) in [7, 11) is 0. The minimum absolute atomic E-state index is 0.139. The normalized spacial score (nSPS) is 23.9. The van der Waals surface area contributed by atoms with Crippen molar-refractivity contribution < 1.29 is 9.59 Å². The van der Waals surface area contributed by atoms with Crippen LogP contribution in [0.2, 0.25) is 0 Å². The van der Waals surface area contributed by atoms with E-state index in [2.05, 4.69) is 9.80 Å². The first-order valence-corrected chi connectivity index (χ1v) is 11.2. The summed E-state index contributed by atoms with van der Waals surface area (Å²) >= 11 is 0. The molecule has 1 unspecified atom stereocenters. The average molecular weight is 379 g/mol. The van der Waals surface area contributed by atoms with Crippen LogP contribution in [-0.2, 0) is 4.79 Å². The lowest BCUT2D eigenvalue weighted by molar-refractivity contribution is -0.141. The third kappa shape index (κ3) is 4.95. The van der Waals surface area contributed by atoms with Crippen LogP contribution in [0.15, 0.2) is 0 Å². The van der Waals surface area contributed by atoms with Crippen molar-refractivity contribution in [3.8, 4) is 0 Å². The van der Waals surface area contributed by atoms with Crippen LogP contribution in [-0.4, -0.2) is 89.9 Å². The van der Waals surface area contributed by atoms with E-state index in [1.165, 1.54) is 32.4 Å². The van der Waals surface area contributed by atoms with E-state index in [-0.39, 0.29) is 18.0 Å². The van der Waals surface area contributed by atoms with Gasteiger partial charge in [0.15, 0.2) is 0 Å². The summed E-state index contributed by atoms with van der Waals surface area (Å²) in [6.45, 7) is 11.2. The highest BCUT2D eigenvalue weighted by Crippen LogP contribution is 2.30. The van der Waals surface area contributed by atoms with E-state index in [9.17, 15) is 9.59 Å². The van der Waals surface area contributed by atoms with Gasteiger partial charge < -0.3 is 19.6 Å². The van der Waals surface area contributed by atoms with Crippen molar-refractivity contribution in [1.82, 2.24) is 19.6 Å². The third-order valence-corrected chi connectivity index (χ3v) is 6.74. The molecule has 2 aliphatic heterocycles. The van der Waals surface area contributed by atoms with Crippen LogP contribution >= 0.6 is 0 Å². The van der Waals surface area contributed by atoms with E-state index in [1.807, 2.05) is 23.6 Å². The molecule has 3 amide bonds. The predicted octanol–water partition coefficient (Wildman–Crippen LogP) is 2.64. The molecular formula is C21H38N4O2. The number of hydrogen-bond acceptors (Lipinski definition) is 3. The van der Waals surface area contributed by atoms with Gasteiger partial charge in [-0.15, -0.1) is 0 Å². The smallest absolute Gasteiger partial charge is 0.320 e. The summed E-state index contributed by atoms with van der Waals surface area (Å²) in [5, 5.41) is 0. The lowest BCUT2D eigenvalue weighted by atomic mass is 9.83. The van der Waals surface area contributed by atoms with Gasteiger partial charge in [0.2, 0.25) is 5.91 Å². The zero-order valence-electron chi connectivity index (χ0n) is 17.4. The van der Waals surface area contributed by atoms with E-state index < -0.39 is 0 Å². The second kappa shape index (κ2) is 9.76. The maximum absolute atomic E-state index is 13.1. The fraction of sp³-hybridized carbons (Fsp3) is 0.905. The fourth-order valence-corrected chi connectivity index (χ4v) is 4.69. The van der Waals surface area contributed by atoms with E-state index in [1.54, 1.807) is 0 Å². The standard InChI is InChI=1S/C21H38N4O2/c1-3-23(4-2)21(27)24-14-8-11-19(17-24)25(20(26)18-9-7-10-18)16-15-22-12-5-6-13-22/h18-19H,3-17H2,1-2H3. The molecule has 154 valence electrons. The van der Waals surface area contributed by atoms with Gasteiger partial charge in [-0.1, -0.05) is 6.42 Å². The molecule has 0 radical (unpaired) electrons. The molecule has 2 heterocycles. The summed E-state index contributed by atoms with van der Waals surface area (Å²) in [6.07, 6.45) is 7.88. The molecule has 6 nitrogen and oxygen atoms in total. The molecule has 6 heteroatoms. The van der Waals surface area contributed by atoms with Crippen molar-refractivity contribution in [2.45, 2.75) is 64.8 Å². The zero-order chi connectivity index (χ0) is 19.2. The molecule has 2 saturated heterocycles. The molecule has 1 atom stereocenters. The number of rotatable bonds is 7. The molecule has 3 fully saturated rings. The Morgan fingerprint density at radius 2 is 1.63 bits per heavy atom. The van der Waals surface area contributed by atoms with Crippen LogP contribution in [0.4, 0.5) is 4.79 Å². The van der Waals surface area contributed by atoms with Crippen molar-refractivity contribution in [1.29, 1.82) is 0 Å². The van der Waals surface area contributed by atoms with Gasteiger partial charge >= 0.3 is 6.03 Å². The predicted molar refractivity (Wildman–Crippen MR) is 108 cm³/mol. The van der Waals surface area contributed by atoms with Crippen molar-refractivity contribution in [2.75, 3.05) is 52.4 Å². The quantitative estimate of drug-likeness (QED) is 0.684. The Kier molecular flexibility index (Phi) is 7.39. The Morgan fingerprint density at radius 3 is 2.22 bits per heavy atom. The van der Waals surface area contributed by atoms with Gasteiger partial charge in [-0.05, 0) is 65.5 Å². The zero-order valence-corrected chi connectivity index (χ0v) is 17.4. The Morgan fingerprint density at radius 1 is 0.926 bits per heavy atom. The van der Waals surface area contributed by atoms with E-state index in [0.29, 0.717) is 12.5 Å². The minimum atomic E-state index is 0.139. The van der Waals surface area contributed by atoms with Crippen molar-refractivity contribution >= 4 is 11.9 Å². The van der Waals surface area contributed by atoms with Crippen molar-refractivity contribution in [3.05, 3.63) is 0 Å². The Hall–Kier alpha value is -1.30. The topological polar surface area (TPSA) is 47.1 Å². The molecule has 0 spiro atoms. The Balaban J connectivity index is 1.64. The third-order valence-electron chi connectivity index (χ3n) is 6.74. The van der Waals surface area contributed by atoms with Crippen molar-refractivity contribution in [3.63, 3.8) is 0 Å². The molecule has 0 aromatic heterocycles. The molecule has 3 aliphatic rings. The number of urea groups is 1. The highest BCUT2D eigenvalue weighted by atomic mass is 16.2. The van der Waals surface area contributed by atoms with Crippen molar-refractivity contribution in [2.24, 2.45) is 5.92 Å². The summed E-state index contributed by atoms with van der Waals surface area (Å²) in [4.78, 5) is 34.5. The minimum Gasteiger partial charge on any atom is -0.336 e.